The monoisotopic (exact) mass is 248 g/mol. The number of nitro benzene ring substituents is 1. The molecule has 1 amide bonds. The molecule has 0 bridgehead atoms. The predicted octanol–water partition coefficient (Wildman–Crippen LogP) is 0.523. The number of benzene rings is 1. The number of carbonyl (C=O) groups is 2. The molecule has 2 aliphatic heterocycles. The first-order valence-corrected chi connectivity index (χ1v) is 5.34. The summed E-state index contributed by atoms with van der Waals surface area (Å²) in [5, 5.41) is 10.6. The Hall–Kier alpha value is -2.28. The molecule has 1 unspecified atom stereocenters. The quantitative estimate of drug-likeness (QED) is 0.336. The molecular weight excluding hydrogens is 240 g/mol. The Balaban J connectivity index is 2.02. The van der Waals surface area contributed by atoms with Gasteiger partial charge in [-0.2, -0.15) is 0 Å². The molecule has 0 spiro atoms. The van der Waals surface area contributed by atoms with Crippen molar-refractivity contribution in [3.8, 4) is 0 Å². The third-order valence-corrected chi connectivity index (χ3v) is 2.95. The number of anilines is 1. The summed E-state index contributed by atoms with van der Waals surface area (Å²) >= 11 is 0. The maximum absolute atomic E-state index is 11.8. The third kappa shape index (κ3) is 1.56. The number of ketones is 1. The number of nitrogens with zero attached hydrogens (tertiary/aromatic N) is 2. The summed E-state index contributed by atoms with van der Waals surface area (Å²) in [5.41, 5.74) is 0.320. The molecule has 0 saturated carbocycles. The molecule has 1 fully saturated rings. The summed E-state index contributed by atoms with van der Waals surface area (Å²) in [6.07, 6.45) is -0.0390. The lowest BCUT2D eigenvalue weighted by molar-refractivity contribution is -0.384. The third-order valence-electron chi connectivity index (χ3n) is 2.95. The molecule has 1 aromatic rings. The summed E-state index contributed by atoms with van der Waals surface area (Å²) in [5.74, 6) is -1.35. The summed E-state index contributed by atoms with van der Waals surface area (Å²) in [6, 6.07) is 3.85. The lowest BCUT2D eigenvalue weighted by Gasteiger charge is -2.14. The van der Waals surface area contributed by atoms with Gasteiger partial charge in [0.05, 0.1) is 35.4 Å². The lowest BCUT2D eigenvalue weighted by atomic mass is 10.1. The number of nitro groups is 1. The average Bonchev–Trinajstić information content (AvgIpc) is 3.13. The van der Waals surface area contributed by atoms with Crippen molar-refractivity contribution in [2.24, 2.45) is 0 Å². The number of ether oxygens (including phenoxy) is 1. The van der Waals surface area contributed by atoms with Crippen LogP contribution in [0.1, 0.15) is 10.4 Å². The molecule has 1 aromatic carbocycles. The van der Waals surface area contributed by atoms with Gasteiger partial charge in [0.15, 0.2) is 0 Å². The fraction of sp³-hybridized carbons (Fsp3) is 0.273. The Morgan fingerprint density at radius 3 is 2.78 bits per heavy atom. The van der Waals surface area contributed by atoms with Gasteiger partial charge in [-0.15, -0.1) is 0 Å². The van der Waals surface area contributed by atoms with Gasteiger partial charge in [0, 0.05) is 12.1 Å². The molecule has 0 aromatic heterocycles. The zero-order chi connectivity index (χ0) is 12.9. The number of hydrogen-bond donors (Lipinski definition) is 0. The number of Topliss-reactive ketones (excluding diaryl/α,β-unsaturated/α-hetero) is 1. The van der Waals surface area contributed by atoms with Gasteiger partial charge >= 0.3 is 0 Å². The highest BCUT2D eigenvalue weighted by molar-refractivity contribution is 6.52. The number of amides is 1. The molecule has 2 aliphatic rings. The van der Waals surface area contributed by atoms with E-state index in [2.05, 4.69) is 0 Å². The highest BCUT2D eigenvalue weighted by Crippen LogP contribution is 2.33. The van der Waals surface area contributed by atoms with E-state index >= 15 is 0 Å². The Bertz CT molecular complexity index is 579. The van der Waals surface area contributed by atoms with Gasteiger partial charge in [-0.3, -0.25) is 19.7 Å². The van der Waals surface area contributed by atoms with Crippen LogP contribution in [0.25, 0.3) is 0 Å². The van der Waals surface area contributed by atoms with Crippen LogP contribution in [0.4, 0.5) is 11.4 Å². The summed E-state index contributed by atoms with van der Waals surface area (Å²) < 4.78 is 5.02. The number of rotatable bonds is 3. The van der Waals surface area contributed by atoms with Crippen LogP contribution in [0.5, 0.6) is 0 Å². The van der Waals surface area contributed by atoms with E-state index in [0.717, 1.165) is 6.07 Å². The van der Waals surface area contributed by atoms with Crippen molar-refractivity contribution >= 4 is 23.1 Å². The van der Waals surface area contributed by atoms with E-state index in [1.807, 2.05) is 0 Å². The molecule has 2 heterocycles. The van der Waals surface area contributed by atoms with Gasteiger partial charge in [0.1, 0.15) is 0 Å². The van der Waals surface area contributed by atoms with Crippen molar-refractivity contribution in [1.29, 1.82) is 0 Å². The highest BCUT2D eigenvalue weighted by atomic mass is 16.6. The van der Waals surface area contributed by atoms with Gasteiger partial charge in [-0.25, -0.2) is 0 Å². The van der Waals surface area contributed by atoms with Crippen LogP contribution in [0.3, 0.4) is 0 Å². The van der Waals surface area contributed by atoms with E-state index in [4.69, 9.17) is 4.74 Å². The van der Waals surface area contributed by atoms with Crippen molar-refractivity contribution in [1.82, 2.24) is 0 Å². The maximum Gasteiger partial charge on any atom is 0.299 e. The molecule has 7 nitrogen and oxygen atoms in total. The van der Waals surface area contributed by atoms with Gasteiger partial charge in [0.25, 0.3) is 17.4 Å². The van der Waals surface area contributed by atoms with E-state index in [-0.39, 0.29) is 17.4 Å². The minimum absolute atomic E-state index is 0.0390. The number of hydrogen-bond acceptors (Lipinski definition) is 5. The van der Waals surface area contributed by atoms with E-state index in [0.29, 0.717) is 18.8 Å². The van der Waals surface area contributed by atoms with Gasteiger partial charge < -0.3 is 9.64 Å². The first-order chi connectivity index (χ1) is 8.58. The van der Waals surface area contributed by atoms with E-state index in [1.165, 1.54) is 17.0 Å². The molecule has 0 aliphatic carbocycles. The minimum Gasteiger partial charge on any atom is -0.371 e. The van der Waals surface area contributed by atoms with Crippen LogP contribution < -0.4 is 4.90 Å². The van der Waals surface area contributed by atoms with Crippen LogP contribution in [-0.4, -0.2) is 35.9 Å². The topological polar surface area (TPSA) is 93.1 Å². The van der Waals surface area contributed by atoms with Crippen molar-refractivity contribution in [3.63, 3.8) is 0 Å². The Labute approximate surface area is 101 Å². The molecule has 1 atom stereocenters. The molecule has 0 radical (unpaired) electrons. The van der Waals surface area contributed by atoms with Gasteiger partial charge in [-0.05, 0) is 6.07 Å². The second kappa shape index (κ2) is 3.61. The number of non-ortho nitro benzene ring substituents is 1. The minimum atomic E-state index is -0.700. The molecule has 3 rings (SSSR count). The predicted molar refractivity (Wildman–Crippen MR) is 59.5 cm³/mol. The number of epoxide rings is 1. The molecular formula is C11H8N2O5. The molecule has 92 valence electrons. The summed E-state index contributed by atoms with van der Waals surface area (Å²) in [4.78, 5) is 34.8. The standard InChI is InChI=1S/C11H8N2O5/c14-10-8-3-6(13(16)17)1-2-9(8)12(11(10)15)4-7-5-18-7/h1-3,7H,4-5H2. The number of fused-ring (bicyclic) bond motifs is 1. The van der Waals surface area contributed by atoms with Crippen LogP contribution in [0, 0.1) is 10.1 Å². The number of carbonyl (C=O) groups excluding carboxylic acids is 2. The second-order valence-electron chi connectivity index (χ2n) is 4.16. The lowest BCUT2D eigenvalue weighted by Crippen LogP contribution is -2.33. The van der Waals surface area contributed by atoms with Crippen LogP contribution in [0.2, 0.25) is 0 Å². The van der Waals surface area contributed by atoms with Crippen LogP contribution in [-0.2, 0) is 9.53 Å². The summed E-state index contributed by atoms with van der Waals surface area (Å²) in [7, 11) is 0. The molecule has 18 heavy (non-hydrogen) atoms. The van der Waals surface area contributed by atoms with Gasteiger partial charge in [-0.1, -0.05) is 0 Å². The second-order valence-corrected chi connectivity index (χ2v) is 4.16. The highest BCUT2D eigenvalue weighted by Gasteiger charge is 2.40. The van der Waals surface area contributed by atoms with Crippen LogP contribution >= 0.6 is 0 Å². The molecule has 7 heteroatoms. The van der Waals surface area contributed by atoms with Crippen molar-refractivity contribution in [2.45, 2.75) is 6.10 Å². The van der Waals surface area contributed by atoms with E-state index < -0.39 is 16.6 Å². The van der Waals surface area contributed by atoms with Crippen molar-refractivity contribution in [2.75, 3.05) is 18.1 Å². The van der Waals surface area contributed by atoms with Crippen LogP contribution in [0.15, 0.2) is 18.2 Å². The zero-order valence-electron chi connectivity index (χ0n) is 9.16. The normalized spacial score (nSPS) is 21.1. The van der Waals surface area contributed by atoms with E-state index in [1.54, 1.807) is 0 Å². The van der Waals surface area contributed by atoms with Crippen molar-refractivity contribution in [3.05, 3.63) is 33.9 Å². The maximum atomic E-state index is 11.8. The first kappa shape index (κ1) is 10.8. The fourth-order valence-electron chi connectivity index (χ4n) is 1.96. The van der Waals surface area contributed by atoms with Crippen molar-refractivity contribution < 1.29 is 19.2 Å². The Morgan fingerprint density at radius 2 is 2.17 bits per heavy atom. The SMILES string of the molecule is O=C1C(=O)N(CC2CO2)c2ccc([N+](=O)[O-])cc21. The molecule has 0 N–H and O–H groups in total. The van der Waals surface area contributed by atoms with E-state index in [9.17, 15) is 19.7 Å². The first-order valence-electron chi connectivity index (χ1n) is 5.34. The zero-order valence-corrected chi connectivity index (χ0v) is 9.16. The summed E-state index contributed by atoms with van der Waals surface area (Å²) in [6.45, 7) is 0.885. The largest absolute Gasteiger partial charge is 0.371 e. The molecule has 1 saturated heterocycles. The smallest absolute Gasteiger partial charge is 0.299 e. The Morgan fingerprint density at radius 1 is 1.44 bits per heavy atom. The Kier molecular flexibility index (Phi) is 2.17. The average molecular weight is 248 g/mol. The van der Waals surface area contributed by atoms with Gasteiger partial charge in [0.2, 0.25) is 0 Å². The fourth-order valence-corrected chi connectivity index (χ4v) is 1.96.